The lowest BCUT2D eigenvalue weighted by Gasteiger charge is -2.35. The van der Waals surface area contributed by atoms with Crippen LogP contribution in [0.2, 0.25) is 0 Å². The lowest BCUT2D eigenvalue weighted by atomic mass is 10.1. The second-order valence-electron chi connectivity index (χ2n) is 6.45. The fraction of sp³-hybridized carbons (Fsp3) is 0.381. The maximum Gasteiger partial charge on any atom is 0.253 e. The van der Waals surface area contributed by atoms with Gasteiger partial charge in [0.15, 0.2) is 11.5 Å². The lowest BCUT2D eigenvalue weighted by Crippen LogP contribution is -2.48. The second-order valence-corrected chi connectivity index (χ2v) is 6.45. The van der Waals surface area contributed by atoms with E-state index in [4.69, 9.17) is 14.2 Å². The summed E-state index contributed by atoms with van der Waals surface area (Å²) in [5.74, 6) is 2.33. The van der Waals surface area contributed by atoms with Gasteiger partial charge < -0.3 is 19.1 Å². The molecule has 6 heteroatoms. The molecule has 0 atom stereocenters. The molecule has 1 aliphatic rings. The predicted octanol–water partition coefficient (Wildman–Crippen LogP) is 2.67. The number of ether oxygens (including phenoxy) is 3. The Morgan fingerprint density at radius 3 is 2.19 bits per heavy atom. The van der Waals surface area contributed by atoms with Crippen LogP contribution in [-0.4, -0.2) is 63.2 Å². The summed E-state index contributed by atoms with van der Waals surface area (Å²) < 4.78 is 16.0. The molecule has 2 aromatic rings. The zero-order chi connectivity index (χ0) is 19.2. The molecule has 0 radical (unpaired) electrons. The van der Waals surface area contributed by atoms with Crippen LogP contribution in [0.15, 0.2) is 42.5 Å². The number of carbonyl (C=O) groups excluding carboxylic acids is 1. The molecule has 0 unspecified atom stereocenters. The van der Waals surface area contributed by atoms with Crippen molar-refractivity contribution < 1.29 is 19.0 Å². The summed E-state index contributed by atoms with van der Waals surface area (Å²) in [6.07, 6.45) is 0. The van der Waals surface area contributed by atoms with Gasteiger partial charge in [0.25, 0.3) is 5.91 Å². The van der Waals surface area contributed by atoms with Crippen LogP contribution in [0.4, 0.5) is 0 Å². The molecule has 0 aromatic heterocycles. The molecule has 1 aliphatic heterocycles. The van der Waals surface area contributed by atoms with E-state index in [0.29, 0.717) is 18.7 Å². The molecular formula is C21H26N2O4. The van der Waals surface area contributed by atoms with E-state index in [-0.39, 0.29) is 5.91 Å². The van der Waals surface area contributed by atoms with Crippen molar-refractivity contribution in [3.05, 3.63) is 53.6 Å². The fourth-order valence-corrected chi connectivity index (χ4v) is 3.34. The van der Waals surface area contributed by atoms with Gasteiger partial charge in [-0.15, -0.1) is 0 Å². The number of hydrogen-bond donors (Lipinski definition) is 0. The van der Waals surface area contributed by atoms with Gasteiger partial charge in [-0.1, -0.05) is 12.1 Å². The average Bonchev–Trinajstić information content (AvgIpc) is 2.73. The first kappa shape index (κ1) is 19.0. The highest BCUT2D eigenvalue weighted by molar-refractivity contribution is 5.94. The molecule has 0 bridgehead atoms. The third-order valence-electron chi connectivity index (χ3n) is 4.87. The number of benzene rings is 2. The van der Waals surface area contributed by atoms with Crippen molar-refractivity contribution in [1.29, 1.82) is 0 Å². The van der Waals surface area contributed by atoms with Gasteiger partial charge in [-0.05, 0) is 30.3 Å². The Kier molecular flexibility index (Phi) is 6.19. The third-order valence-corrected chi connectivity index (χ3v) is 4.87. The molecule has 0 saturated carbocycles. The number of carbonyl (C=O) groups is 1. The van der Waals surface area contributed by atoms with Gasteiger partial charge in [0.2, 0.25) is 0 Å². The first-order chi connectivity index (χ1) is 13.2. The molecular weight excluding hydrogens is 344 g/mol. The number of piperazine rings is 1. The van der Waals surface area contributed by atoms with Crippen LogP contribution in [0.3, 0.4) is 0 Å². The highest BCUT2D eigenvalue weighted by Gasteiger charge is 2.23. The van der Waals surface area contributed by atoms with Gasteiger partial charge in [-0.3, -0.25) is 9.69 Å². The van der Waals surface area contributed by atoms with E-state index in [9.17, 15) is 4.79 Å². The summed E-state index contributed by atoms with van der Waals surface area (Å²) in [6.45, 7) is 3.82. The molecule has 1 heterocycles. The largest absolute Gasteiger partial charge is 0.497 e. The zero-order valence-electron chi connectivity index (χ0n) is 16.1. The van der Waals surface area contributed by atoms with Crippen molar-refractivity contribution in [1.82, 2.24) is 9.80 Å². The van der Waals surface area contributed by atoms with Crippen molar-refractivity contribution in [3.63, 3.8) is 0 Å². The van der Waals surface area contributed by atoms with E-state index in [0.717, 1.165) is 42.4 Å². The zero-order valence-corrected chi connectivity index (χ0v) is 16.1. The minimum Gasteiger partial charge on any atom is -0.497 e. The molecule has 1 fully saturated rings. The van der Waals surface area contributed by atoms with Gasteiger partial charge in [0, 0.05) is 43.9 Å². The highest BCUT2D eigenvalue weighted by Crippen LogP contribution is 2.31. The molecule has 3 rings (SSSR count). The van der Waals surface area contributed by atoms with Crippen molar-refractivity contribution in [3.8, 4) is 17.2 Å². The summed E-state index contributed by atoms with van der Waals surface area (Å²) in [6, 6.07) is 13.2. The molecule has 144 valence electrons. The molecule has 6 nitrogen and oxygen atoms in total. The van der Waals surface area contributed by atoms with E-state index in [1.54, 1.807) is 21.3 Å². The molecule has 0 aliphatic carbocycles. The van der Waals surface area contributed by atoms with Crippen LogP contribution in [0.5, 0.6) is 17.2 Å². The Morgan fingerprint density at radius 2 is 1.59 bits per heavy atom. The lowest BCUT2D eigenvalue weighted by molar-refractivity contribution is 0.0627. The van der Waals surface area contributed by atoms with Crippen LogP contribution in [0.25, 0.3) is 0 Å². The summed E-state index contributed by atoms with van der Waals surface area (Å²) in [7, 11) is 4.92. The number of hydrogen-bond acceptors (Lipinski definition) is 5. The van der Waals surface area contributed by atoms with Crippen molar-refractivity contribution in [2.75, 3.05) is 47.5 Å². The number of nitrogens with zero attached hydrogens (tertiary/aromatic N) is 2. The van der Waals surface area contributed by atoms with Crippen molar-refractivity contribution >= 4 is 5.91 Å². The normalized spacial score (nSPS) is 14.7. The second kappa shape index (κ2) is 8.77. The monoisotopic (exact) mass is 370 g/mol. The quantitative estimate of drug-likeness (QED) is 0.783. The first-order valence-electron chi connectivity index (χ1n) is 9.01. The minimum absolute atomic E-state index is 0.0660. The van der Waals surface area contributed by atoms with Crippen molar-refractivity contribution in [2.24, 2.45) is 0 Å². The van der Waals surface area contributed by atoms with E-state index in [2.05, 4.69) is 11.0 Å². The Hall–Kier alpha value is -2.73. The minimum atomic E-state index is 0.0660. The SMILES string of the molecule is COc1ccc(C(=O)N2CCN(Cc3cccc(OC)c3OC)CC2)cc1. The molecule has 0 N–H and O–H groups in total. The van der Waals surface area contributed by atoms with Gasteiger partial charge in [0.1, 0.15) is 5.75 Å². The van der Waals surface area contributed by atoms with Crippen molar-refractivity contribution in [2.45, 2.75) is 6.54 Å². The number of amides is 1. The Bertz CT molecular complexity index is 768. The number of rotatable bonds is 6. The maximum absolute atomic E-state index is 12.7. The fourth-order valence-electron chi connectivity index (χ4n) is 3.34. The highest BCUT2D eigenvalue weighted by atomic mass is 16.5. The number of methoxy groups -OCH3 is 3. The van der Waals surface area contributed by atoms with Crippen LogP contribution in [0, 0.1) is 0 Å². The van der Waals surface area contributed by atoms with Gasteiger partial charge in [0.05, 0.1) is 21.3 Å². The van der Waals surface area contributed by atoms with Crippen LogP contribution >= 0.6 is 0 Å². The van der Waals surface area contributed by atoms with Crippen LogP contribution in [0.1, 0.15) is 15.9 Å². The topological polar surface area (TPSA) is 51.2 Å². The molecule has 2 aromatic carbocycles. The first-order valence-corrected chi connectivity index (χ1v) is 9.01. The van der Waals surface area contributed by atoms with E-state index >= 15 is 0 Å². The standard InChI is InChI=1S/C21H26N2O4/c1-25-18-9-7-16(8-10-18)21(24)23-13-11-22(12-14-23)15-17-5-4-6-19(26-2)20(17)27-3/h4-10H,11-15H2,1-3H3. The molecule has 1 saturated heterocycles. The summed E-state index contributed by atoms with van der Waals surface area (Å²) in [5, 5.41) is 0. The smallest absolute Gasteiger partial charge is 0.253 e. The molecule has 27 heavy (non-hydrogen) atoms. The van der Waals surface area contributed by atoms with Gasteiger partial charge in [-0.25, -0.2) is 0 Å². The van der Waals surface area contributed by atoms with Gasteiger partial charge >= 0.3 is 0 Å². The Labute approximate surface area is 160 Å². The predicted molar refractivity (Wildman–Crippen MR) is 104 cm³/mol. The average molecular weight is 370 g/mol. The number of para-hydroxylation sites is 1. The van der Waals surface area contributed by atoms with E-state index in [1.807, 2.05) is 41.3 Å². The van der Waals surface area contributed by atoms with Crippen LogP contribution in [-0.2, 0) is 6.54 Å². The summed E-state index contributed by atoms with van der Waals surface area (Å²) >= 11 is 0. The maximum atomic E-state index is 12.7. The molecule has 0 spiro atoms. The van der Waals surface area contributed by atoms with E-state index < -0.39 is 0 Å². The Balaban J connectivity index is 1.59. The molecule has 1 amide bonds. The summed E-state index contributed by atoms with van der Waals surface area (Å²) in [4.78, 5) is 16.9. The van der Waals surface area contributed by atoms with Gasteiger partial charge in [-0.2, -0.15) is 0 Å². The summed E-state index contributed by atoms with van der Waals surface area (Å²) in [5.41, 5.74) is 1.78. The van der Waals surface area contributed by atoms with E-state index in [1.165, 1.54) is 0 Å². The van der Waals surface area contributed by atoms with Crippen LogP contribution < -0.4 is 14.2 Å². The third kappa shape index (κ3) is 4.34. The Morgan fingerprint density at radius 1 is 0.889 bits per heavy atom.